The number of fused-ring (bicyclic) bond motifs is 6. The predicted molar refractivity (Wildman–Crippen MR) is 265 cm³/mol. The van der Waals surface area contributed by atoms with Gasteiger partial charge in [-0.1, -0.05) is 172 Å². The second kappa shape index (κ2) is 15.0. The molecular formula is C61H42N2O. The third-order valence-corrected chi connectivity index (χ3v) is 13.1. The second-order valence-corrected chi connectivity index (χ2v) is 17.4. The minimum Gasteiger partial charge on any atom is -0.456 e. The van der Waals surface area contributed by atoms with Crippen LogP contribution in [-0.2, 0) is 5.41 Å². The van der Waals surface area contributed by atoms with Gasteiger partial charge in [-0.25, -0.2) is 9.97 Å². The predicted octanol–water partition coefficient (Wildman–Crippen LogP) is 16.4. The maximum Gasteiger partial charge on any atom is 0.160 e. The Bertz CT molecular complexity index is 3580. The summed E-state index contributed by atoms with van der Waals surface area (Å²) in [6.45, 7) is 4.67. The highest BCUT2D eigenvalue weighted by Gasteiger charge is 2.35. The number of hydrogen-bond donors (Lipinski definition) is 0. The Kier molecular flexibility index (Phi) is 8.84. The van der Waals surface area contributed by atoms with E-state index in [9.17, 15) is 0 Å². The maximum atomic E-state index is 6.26. The van der Waals surface area contributed by atoms with Crippen LogP contribution >= 0.6 is 0 Å². The Morgan fingerprint density at radius 2 is 0.812 bits per heavy atom. The molecule has 0 fully saturated rings. The number of para-hydroxylation sites is 1. The quantitative estimate of drug-likeness (QED) is 0.161. The molecule has 0 N–H and O–H groups in total. The van der Waals surface area contributed by atoms with Gasteiger partial charge in [-0.3, -0.25) is 0 Å². The van der Waals surface area contributed by atoms with Gasteiger partial charge in [-0.15, -0.1) is 0 Å². The molecule has 0 radical (unpaired) electrons. The summed E-state index contributed by atoms with van der Waals surface area (Å²) in [5.41, 5.74) is 20.9. The molecule has 0 atom stereocenters. The van der Waals surface area contributed by atoms with Gasteiger partial charge in [0.2, 0.25) is 0 Å². The molecule has 12 rings (SSSR count). The van der Waals surface area contributed by atoms with Crippen LogP contribution in [0.25, 0.3) is 111 Å². The molecule has 3 heteroatoms. The maximum absolute atomic E-state index is 6.26. The molecule has 0 aliphatic heterocycles. The van der Waals surface area contributed by atoms with Crippen molar-refractivity contribution in [3.8, 4) is 89.5 Å². The highest BCUT2D eigenvalue weighted by atomic mass is 16.3. The summed E-state index contributed by atoms with van der Waals surface area (Å²) in [6, 6.07) is 78.1. The van der Waals surface area contributed by atoms with Gasteiger partial charge in [0.1, 0.15) is 11.2 Å². The van der Waals surface area contributed by atoms with Gasteiger partial charge in [-0.05, 0) is 127 Å². The third-order valence-electron chi connectivity index (χ3n) is 13.1. The highest BCUT2D eigenvalue weighted by molar-refractivity contribution is 6.06. The topological polar surface area (TPSA) is 38.9 Å². The summed E-state index contributed by atoms with van der Waals surface area (Å²) in [5.74, 6) is 0.680. The minimum absolute atomic E-state index is 0.0833. The van der Waals surface area contributed by atoms with Gasteiger partial charge >= 0.3 is 0 Å². The van der Waals surface area contributed by atoms with E-state index in [2.05, 4.69) is 202 Å². The molecule has 0 saturated carbocycles. The Morgan fingerprint density at radius 1 is 0.312 bits per heavy atom. The van der Waals surface area contributed by atoms with Crippen LogP contribution in [0.1, 0.15) is 25.0 Å². The van der Waals surface area contributed by atoms with Crippen LogP contribution in [-0.4, -0.2) is 9.97 Å². The Labute approximate surface area is 373 Å². The smallest absolute Gasteiger partial charge is 0.160 e. The summed E-state index contributed by atoms with van der Waals surface area (Å²) in [7, 11) is 0. The second-order valence-electron chi connectivity index (χ2n) is 17.4. The number of nitrogens with zero attached hydrogens (tertiary/aromatic N) is 2. The summed E-state index contributed by atoms with van der Waals surface area (Å²) in [5, 5.41) is 2.20. The van der Waals surface area contributed by atoms with E-state index in [1.807, 2.05) is 30.3 Å². The molecule has 1 aliphatic rings. The zero-order valence-electron chi connectivity index (χ0n) is 35.6. The van der Waals surface area contributed by atoms with E-state index in [0.717, 1.165) is 77.8 Å². The SMILES string of the molecule is CC1(C)c2ccccc2-c2ccc(-c3cccc(-c4cc(-c5cc(-c6cccc(-c7ccccc7)c6)cc(-c6ccc7oc8ccccc8c7c6)c5)nc(-c5ccccc5)n4)c3)cc21. The minimum atomic E-state index is -0.0833. The van der Waals surface area contributed by atoms with Crippen LogP contribution in [0, 0.1) is 0 Å². The van der Waals surface area contributed by atoms with E-state index in [1.54, 1.807) is 0 Å². The average molecular weight is 819 g/mol. The van der Waals surface area contributed by atoms with E-state index in [-0.39, 0.29) is 5.41 Å². The molecule has 3 nitrogen and oxygen atoms in total. The van der Waals surface area contributed by atoms with Gasteiger partial charge < -0.3 is 4.42 Å². The summed E-state index contributed by atoms with van der Waals surface area (Å²) >= 11 is 0. The standard InChI is InChI=1S/C61H42N2O/c1-61(2)54-25-11-9-23-50(54)51-29-27-45(37-55(51)61)42-20-14-22-46(32-42)56-38-57(63-60(62-56)40-17-7-4-8-18-40)49-34-47(43-21-13-19-41(31-43)39-15-5-3-6-16-39)33-48(35-49)44-28-30-59-53(36-44)52-24-10-12-26-58(52)64-59/h3-38H,1-2H3. The lowest BCUT2D eigenvalue weighted by Gasteiger charge is -2.22. The van der Waals surface area contributed by atoms with Crippen LogP contribution in [0.3, 0.4) is 0 Å². The van der Waals surface area contributed by atoms with E-state index in [1.165, 1.54) is 38.9 Å². The van der Waals surface area contributed by atoms with E-state index in [4.69, 9.17) is 14.4 Å². The number of aromatic nitrogens is 2. The molecule has 0 amide bonds. The van der Waals surface area contributed by atoms with Crippen LogP contribution in [0.4, 0.5) is 0 Å². The van der Waals surface area contributed by atoms with Crippen LogP contribution in [0.5, 0.6) is 0 Å². The molecule has 2 heterocycles. The van der Waals surface area contributed by atoms with Gasteiger partial charge in [-0.2, -0.15) is 0 Å². The third kappa shape index (κ3) is 6.53. The van der Waals surface area contributed by atoms with Crippen molar-refractivity contribution in [2.45, 2.75) is 19.3 Å². The molecule has 0 spiro atoms. The summed E-state index contributed by atoms with van der Waals surface area (Å²) < 4.78 is 6.26. The fourth-order valence-corrected chi connectivity index (χ4v) is 9.72. The number of hydrogen-bond acceptors (Lipinski definition) is 3. The molecule has 9 aromatic carbocycles. The first kappa shape index (κ1) is 37.6. The van der Waals surface area contributed by atoms with Gasteiger partial charge in [0.25, 0.3) is 0 Å². The van der Waals surface area contributed by atoms with E-state index >= 15 is 0 Å². The van der Waals surface area contributed by atoms with Gasteiger partial charge in [0.05, 0.1) is 11.4 Å². The van der Waals surface area contributed by atoms with Crippen molar-refractivity contribution in [3.05, 3.63) is 230 Å². The Balaban J connectivity index is 1.02. The molecule has 0 unspecified atom stereocenters. The lowest BCUT2D eigenvalue weighted by molar-refractivity contribution is 0.660. The molecule has 0 bridgehead atoms. The molecular weight excluding hydrogens is 777 g/mol. The largest absolute Gasteiger partial charge is 0.456 e. The highest BCUT2D eigenvalue weighted by Crippen LogP contribution is 2.49. The molecule has 0 saturated heterocycles. The summed E-state index contributed by atoms with van der Waals surface area (Å²) in [6.07, 6.45) is 0. The Morgan fingerprint density at radius 3 is 1.59 bits per heavy atom. The number of rotatable bonds is 7. The van der Waals surface area contributed by atoms with Crippen molar-refractivity contribution >= 4 is 21.9 Å². The van der Waals surface area contributed by atoms with E-state index in [0.29, 0.717) is 5.82 Å². The first-order chi connectivity index (χ1) is 31.4. The Hall–Kier alpha value is -8.14. The number of benzene rings is 9. The van der Waals surface area contributed by atoms with Crippen molar-refractivity contribution in [1.29, 1.82) is 0 Å². The molecule has 64 heavy (non-hydrogen) atoms. The monoisotopic (exact) mass is 818 g/mol. The fraction of sp³-hybridized carbons (Fsp3) is 0.0492. The lowest BCUT2D eigenvalue weighted by atomic mass is 9.81. The normalized spacial score (nSPS) is 12.7. The van der Waals surface area contributed by atoms with Crippen molar-refractivity contribution in [2.75, 3.05) is 0 Å². The molecule has 1 aliphatic carbocycles. The van der Waals surface area contributed by atoms with Crippen LogP contribution < -0.4 is 0 Å². The molecule has 2 aromatic heterocycles. The van der Waals surface area contributed by atoms with Crippen molar-refractivity contribution < 1.29 is 4.42 Å². The van der Waals surface area contributed by atoms with Crippen molar-refractivity contribution in [3.63, 3.8) is 0 Å². The fourth-order valence-electron chi connectivity index (χ4n) is 9.72. The summed E-state index contributed by atoms with van der Waals surface area (Å²) in [4.78, 5) is 10.6. The van der Waals surface area contributed by atoms with Crippen LogP contribution in [0.15, 0.2) is 223 Å². The number of furan rings is 1. The first-order valence-corrected chi connectivity index (χ1v) is 22.0. The van der Waals surface area contributed by atoms with Crippen molar-refractivity contribution in [2.24, 2.45) is 0 Å². The molecule has 11 aromatic rings. The zero-order chi connectivity index (χ0) is 42.8. The lowest BCUT2D eigenvalue weighted by Crippen LogP contribution is -2.14. The average Bonchev–Trinajstić information content (AvgIpc) is 3.85. The van der Waals surface area contributed by atoms with E-state index < -0.39 is 0 Å². The van der Waals surface area contributed by atoms with Gasteiger partial charge in [0.15, 0.2) is 5.82 Å². The first-order valence-electron chi connectivity index (χ1n) is 22.0. The zero-order valence-corrected chi connectivity index (χ0v) is 35.6. The van der Waals surface area contributed by atoms with Gasteiger partial charge in [0, 0.05) is 32.9 Å². The van der Waals surface area contributed by atoms with Crippen molar-refractivity contribution in [1.82, 2.24) is 9.97 Å². The molecule has 302 valence electrons. The van der Waals surface area contributed by atoms with Crippen LogP contribution in [0.2, 0.25) is 0 Å².